The van der Waals surface area contributed by atoms with E-state index in [1.165, 1.54) is 12.1 Å². The highest BCUT2D eigenvalue weighted by molar-refractivity contribution is 5.98. The van der Waals surface area contributed by atoms with Crippen LogP contribution in [0.4, 0.5) is 4.39 Å². The lowest BCUT2D eigenvalue weighted by Gasteiger charge is -2.37. The summed E-state index contributed by atoms with van der Waals surface area (Å²) in [7, 11) is 1.56. The van der Waals surface area contributed by atoms with Gasteiger partial charge in [-0.1, -0.05) is 12.1 Å². The minimum atomic E-state index is -0.668. The molecule has 2 aromatic carbocycles. The molecule has 2 aromatic rings. The summed E-state index contributed by atoms with van der Waals surface area (Å²) in [5, 5.41) is 2.97. The SMILES string of the molecule is COc1ccc(C(=O)N[C@H](C(=O)N2CCCC2)C2CCN(C(=O)c3ccccc3F)CC2)cc1. The smallest absolute Gasteiger partial charge is 0.256 e. The van der Waals surface area contributed by atoms with Gasteiger partial charge >= 0.3 is 0 Å². The van der Waals surface area contributed by atoms with Crippen molar-refractivity contribution in [3.05, 3.63) is 65.5 Å². The number of methoxy groups -OCH3 is 1. The van der Waals surface area contributed by atoms with E-state index in [4.69, 9.17) is 4.74 Å². The Morgan fingerprint density at radius 3 is 2.21 bits per heavy atom. The molecule has 1 N–H and O–H groups in total. The third-order valence-corrected chi connectivity index (χ3v) is 6.73. The highest BCUT2D eigenvalue weighted by Crippen LogP contribution is 2.25. The van der Waals surface area contributed by atoms with Gasteiger partial charge in [-0.2, -0.15) is 0 Å². The van der Waals surface area contributed by atoms with Gasteiger partial charge in [-0.15, -0.1) is 0 Å². The Morgan fingerprint density at radius 2 is 1.59 bits per heavy atom. The van der Waals surface area contributed by atoms with Gasteiger partial charge in [0.25, 0.3) is 11.8 Å². The predicted molar refractivity (Wildman–Crippen MR) is 125 cm³/mol. The Bertz CT molecular complexity index is 1030. The molecule has 4 rings (SSSR count). The molecule has 0 saturated carbocycles. The van der Waals surface area contributed by atoms with Crippen LogP contribution >= 0.6 is 0 Å². The Hall–Kier alpha value is -3.42. The number of piperidine rings is 1. The number of nitrogens with one attached hydrogen (secondary N) is 1. The Labute approximate surface area is 198 Å². The van der Waals surface area contributed by atoms with Crippen molar-refractivity contribution in [3.63, 3.8) is 0 Å². The van der Waals surface area contributed by atoms with Gasteiger partial charge in [-0.25, -0.2) is 4.39 Å². The van der Waals surface area contributed by atoms with Crippen molar-refractivity contribution < 1.29 is 23.5 Å². The van der Waals surface area contributed by atoms with Crippen molar-refractivity contribution in [1.82, 2.24) is 15.1 Å². The van der Waals surface area contributed by atoms with Gasteiger partial charge in [0.1, 0.15) is 17.6 Å². The number of rotatable bonds is 6. The Morgan fingerprint density at radius 1 is 0.941 bits per heavy atom. The van der Waals surface area contributed by atoms with Crippen molar-refractivity contribution in [1.29, 1.82) is 0 Å². The molecule has 7 nitrogen and oxygen atoms in total. The summed E-state index contributed by atoms with van der Waals surface area (Å²) >= 11 is 0. The van der Waals surface area contributed by atoms with Crippen LogP contribution in [0.3, 0.4) is 0 Å². The van der Waals surface area contributed by atoms with E-state index in [2.05, 4.69) is 5.32 Å². The van der Waals surface area contributed by atoms with Gasteiger partial charge in [0.2, 0.25) is 5.91 Å². The summed E-state index contributed by atoms with van der Waals surface area (Å²) < 4.78 is 19.2. The van der Waals surface area contributed by atoms with Crippen molar-refractivity contribution >= 4 is 17.7 Å². The van der Waals surface area contributed by atoms with Crippen LogP contribution in [-0.2, 0) is 4.79 Å². The van der Waals surface area contributed by atoms with Gasteiger partial charge in [-0.3, -0.25) is 14.4 Å². The van der Waals surface area contributed by atoms with E-state index >= 15 is 0 Å². The second-order valence-electron chi connectivity index (χ2n) is 8.82. The summed E-state index contributed by atoms with van der Waals surface area (Å²) in [5.74, 6) is -0.735. The zero-order valence-corrected chi connectivity index (χ0v) is 19.3. The number of hydrogen-bond donors (Lipinski definition) is 1. The van der Waals surface area contributed by atoms with Crippen LogP contribution < -0.4 is 10.1 Å². The van der Waals surface area contributed by atoms with Crippen LogP contribution in [0.15, 0.2) is 48.5 Å². The molecule has 0 aromatic heterocycles. The molecule has 2 saturated heterocycles. The number of amides is 3. The molecule has 34 heavy (non-hydrogen) atoms. The first kappa shape index (κ1) is 23.7. The van der Waals surface area contributed by atoms with Gasteiger partial charge < -0.3 is 19.9 Å². The fourth-order valence-corrected chi connectivity index (χ4v) is 4.72. The largest absolute Gasteiger partial charge is 0.497 e. The number of halogens is 1. The van der Waals surface area contributed by atoms with Crippen molar-refractivity contribution in [2.75, 3.05) is 33.3 Å². The molecule has 0 aliphatic carbocycles. The number of benzene rings is 2. The average molecular weight is 468 g/mol. The maximum Gasteiger partial charge on any atom is 0.256 e. The normalized spacial score (nSPS) is 17.4. The molecular weight excluding hydrogens is 437 g/mol. The first-order valence-corrected chi connectivity index (χ1v) is 11.8. The summed E-state index contributed by atoms with van der Waals surface area (Å²) in [6.45, 7) is 2.19. The number of carbonyl (C=O) groups excluding carboxylic acids is 3. The lowest BCUT2D eigenvalue weighted by Crippen LogP contribution is -2.54. The average Bonchev–Trinajstić information content (AvgIpc) is 3.42. The van der Waals surface area contributed by atoms with Crippen LogP contribution in [0.2, 0.25) is 0 Å². The molecule has 0 spiro atoms. The molecule has 1 atom stereocenters. The van der Waals surface area contributed by atoms with Crippen LogP contribution in [0.1, 0.15) is 46.4 Å². The molecule has 180 valence electrons. The third kappa shape index (κ3) is 5.21. The molecule has 2 fully saturated rings. The molecule has 2 aliphatic rings. The van der Waals surface area contributed by atoms with Crippen molar-refractivity contribution in [2.45, 2.75) is 31.7 Å². The van der Waals surface area contributed by atoms with E-state index in [0.29, 0.717) is 50.3 Å². The standard InChI is InChI=1S/C26H30FN3O4/c1-34-20-10-8-19(9-11-20)24(31)28-23(26(33)29-14-4-5-15-29)18-12-16-30(17-13-18)25(32)21-6-2-3-7-22(21)27/h2-3,6-11,18,23H,4-5,12-17H2,1H3,(H,28,31)/t23-/m0/s1. The molecule has 8 heteroatoms. The molecule has 0 bridgehead atoms. The highest BCUT2D eigenvalue weighted by Gasteiger charge is 2.37. The van der Waals surface area contributed by atoms with E-state index < -0.39 is 11.9 Å². The number of likely N-dealkylation sites (tertiary alicyclic amines) is 2. The van der Waals surface area contributed by atoms with Crippen LogP contribution in [0, 0.1) is 11.7 Å². The maximum atomic E-state index is 14.1. The molecular formula is C26H30FN3O4. The second kappa shape index (κ2) is 10.7. The predicted octanol–water partition coefficient (Wildman–Crippen LogP) is 3.11. The Kier molecular flexibility index (Phi) is 7.45. The van der Waals surface area contributed by atoms with E-state index in [0.717, 1.165) is 12.8 Å². The van der Waals surface area contributed by atoms with Gasteiger partial charge in [0, 0.05) is 31.7 Å². The first-order chi connectivity index (χ1) is 16.5. The Balaban J connectivity index is 1.46. The number of hydrogen-bond acceptors (Lipinski definition) is 4. The minimum absolute atomic E-state index is 0.0541. The van der Waals surface area contributed by atoms with Gasteiger partial charge in [-0.05, 0) is 68.0 Å². The van der Waals surface area contributed by atoms with Gasteiger partial charge in [0.05, 0.1) is 12.7 Å². The van der Waals surface area contributed by atoms with Crippen LogP contribution in [0.5, 0.6) is 5.75 Å². The zero-order valence-electron chi connectivity index (χ0n) is 19.3. The zero-order chi connectivity index (χ0) is 24.1. The van der Waals surface area contributed by atoms with E-state index in [1.54, 1.807) is 48.4 Å². The van der Waals surface area contributed by atoms with Gasteiger partial charge in [0.15, 0.2) is 0 Å². The minimum Gasteiger partial charge on any atom is -0.497 e. The lowest BCUT2D eigenvalue weighted by molar-refractivity contribution is -0.134. The molecule has 0 unspecified atom stereocenters. The quantitative estimate of drug-likeness (QED) is 0.708. The molecule has 0 radical (unpaired) electrons. The number of carbonyl (C=O) groups is 3. The second-order valence-corrected chi connectivity index (χ2v) is 8.82. The van der Waals surface area contributed by atoms with Crippen LogP contribution in [-0.4, -0.2) is 66.9 Å². The summed E-state index contributed by atoms with van der Waals surface area (Å²) in [5.41, 5.74) is 0.505. The summed E-state index contributed by atoms with van der Waals surface area (Å²) in [4.78, 5) is 42.6. The fraction of sp³-hybridized carbons (Fsp3) is 0.423. The van der Waals surface area contributed by atoms with Crippen LogP contribution in [0.25, 0.3) is 0 Å². The van der Waals surface area contributed by atoms with E-state index in [1.807, 2.05) is 4.90 Å². The number of nitrogens with zero attached hydrogens (tertiary/aromatic N) is 2. The molecule has 3 amide bonds. The third-order valence-electron chi connectivity index (χ3n) is 6.73. The lowest BCUT2D eigenvalue weighted by atomic mass is 9.88. The topological polar surface area (TPSA) is 79.0 Å². The fourth-order valence-electron chi connectivity index (χ4n) is 4.72. The molecule has 2 heterocycles. The summed E-state index contributed by atoms with van der Waals surface area (Å²) in [6.07, 6.45) is 3.02. The van der Waals surface area contributed by atoms with Crippen molar-refractivity contribution in [3.8, 4) is 5.75 Å². The highest BCUT2D eigenvalue weighted by atomic mass is 19.1. The number of ether oxygens (including phenoxy) is 1. The van der Waals surface area contributed by atoms with E-state index in [9.17, 15) is 18.8 Å². The van der Waals surface area contributed by atoms with Crippen molar-refractivity contribution in [2.24, 2.45) is 5.92 Å². The van der Waals surface area contributed by atoms with E-state index in [-0.39, 0.29) is 29.2 Å². The summed E-state index contributed by atoms with van der Waals surface area (Å²) in [6, 6.07) is 12.0. The monoisotopic (exact) mass is 467 g/mol. The molecule has 2 aliphatic heterocycles. The first-order valence-electron chi connectivity index (χ1n) is 11.8. The maximum absolute atomic E-state index is 14.1.